The standard InChI is InChI=1S/C20H26ClN3O3S/c1-4-24(5-2)28(26,27)19-13-17(11-12-18(19)21)23-20(25)14-22-15(3)16-9-7-6-8-10-16/h6-13,15,22H,4-5,14H2,1-3H3,(H,23,25)/p+1/t15-/m1/s1. The van der Waals surface area contributed by atoms with Crippen molar-refractivity contribution < 1.29 is 18.5 Å². The maximum Gasteiger partial charge on any atom is 0.279 e. The molecule has 0 spiro atoms. The molecule has 0 aliphatic carbocycles. The molecule has 0 heterocycles. The molecule has 0 saturated carbocycles. The Morgan fingerprint density at radius 2 is 1.79 bits per heavy atom. The van der Waals surface area contributed by atoms with Gasteiger partial charge in [-0.25, -0.2) is 8.42 Å². The molecule has 1 amide bonds. The summed E-state index contributed by atoms with van der Waals surface area (Å²) in [4.78, 5) is 12.3. The van der Waals surface area contributed by atoms with Crippen molar-refractivity contribution in [1.29, 1.82) is 0 Å². The van der Waals surface area contributed by atoms with Gasteiger partial charge in [0.05, 0.1) is 5.02 Å². The fraction of sp³-hybridized carbons (Fsp3) is 0.350. The third-order valence-corrected chi connectivity index (χ3v) is 7.05. The maximum absolute atomic E-state index is 12.7. The van der Waals surface area contributed by atoms with Crippen LogP contribution in [0.5, 0.6) is 0 Å². The van der Waals surface area contributed by atoms with Gasteiger partial charge in [0.15, 0.2) is 6.54 Å². The van der Waals surface area contributed by atoms with Crippen LogP contribution in [-0.2, 0) is 14.8 Å². The Morgan fingerprint density at radius 1 is 1.14 bits per heavy atom. The number of halogens is 1. The average Bonchev–Trinajstić information content (AvgIpc) is 2.69. The number of rotatable bonds is 9. The molecule has 8 heteroatoms. The molecule has 2 aromatic carbocycles. The molecular formula is C20H27ClN3O3S+. The van der Waals surface area contributed by atoms with Gasteiger partial charge in [-0.05, 0) is 25.1 Å². The molecule has 0 aromatic heterocycles. The molecule has 2 aromatic rings. The lowest BCUT2D eigenvalue weighted by Gasteiger charge is -2.19. The smallest absolute Gasteiger partial charge is 0.279 e. The van der Waals surface area contributed by atoms with Crippen LogP contribution in [0.1, 0.15) is 32.4 Å². The summed E-state index contributed by atoms with van der Waals surface area (Å²) in [5, 5.41) is 4.81. The largest absolute Gasteiger partial charge is 0.333 e. The summed E-state index contributed by atoms with van der Waals surface area (Å²) in [5.74, 6) is -0.212. The minimum Gasteiger partial charge on any atom is -0.333 e. The number of carbonyl (C=O) groups is 1. The third-order valence-electron chi connectivity index (χ3n) is 4.52. The highest BCUT2D eigenvalue weighted by Crippen LogP contribution is 2.27. The van der Waals surface area contributed by atoms with Gasteiger partial charge in [0.25, 0.3) is 5.91 Å². The summed E-state index contributed by atoms with van der Waals surface area (Å²) in [6, 6.07) is 14.5. The fourth-order valence-electron chi connectivity index (χ4n) is 2.87. The monoisotopic (exact) mass is 424 g/mol. The summed E-state index contributed by atoms with van der Waals surface area (Å²) < 4.78 is 26.8. The van der Waals surface area contributed by atoms with E-state index in [9.17, 15) is 13.2 Å². The number of anilines is 1. The van der Waals surface area contributed by atoms with Gasteiger partial charge in [0.2, 0.25) is 10.0 Å². The Hall–Kier alpha value is -1.93. The van der Waals surface area contributed by atoms with Crippen molar-refractivity contribution in [3.05, 3.63) is 59.1 Å². The Balaban J connectivity index is 2.07. The Morgan fingerprint density at radius 3 is 2.39 bits per heavy atom. The quantitative estimate of drug-likeness (QED) is 0.649. The van der Waals surface area contributed by atoms with Crippen LogP contribution < -0.4 is 10.6 Å². The molecule has 0 radical (unpaired) electrons. The van der Waals surface area contributed by atoms with Gasteiger partial charge in [-0.1, -0.05) is 55.8 Å². The van der Waals surface area contributed by atoms with Crippen LogP contribution in [0.25, 0.3) is 0 Å². The van der Waals surface area contributed by atoms with Gasteiger partial charge >= 0.3 is 0 Å². The van der Waals surface area contributed by atoms with Gasteiger partial charge in [-0.15, -0.1) is 0 Å². The van der Waals surface area contributed by atoms with E-state index in [2.05, 4.69) is 5.32 Å². The van der Waals surface area contributed by atoms with Gasteiger partial charge < -0.3 is 10.6 Å². The molecular weight excluding hydrogens is 398 g/mol. The van der Waals surface area contributed by atoms with Crippen molar-refractivity contribution in [2.24, 2.45) is 0 Å². The predicted molar refractivity (Wildman–Crippen MR) is 112 cm³/mol. The van der Waals surface area contributed by atoms with Gasteiger partial charge in [0, 0.05) is 24.3 Å². The first-order chi connectivity index (χ1) is 13.3. The first kappa shape index (κ1) is 22.4. The minimum absolute atomic E-state index is 0.00250. The topological polar surface area (TPSA) is 83.1 Å². The Bertz CT molecular complexity index is 900. The highest BCUT2D eigenvalue weighted by atomic mass is 35.5. The lowest BCUT2D eigenvalue weighted by Crippen LogP contribution is -2.86. The van der Waals surface area contributed by atoms with Crippen LogP contribution in [0.15, 0.2) is 53.4 Å². The number of nitrogens with two attached hydrogens (primary N) is 1. The molecule has 0 saturated heterocycles. The van der Waals surface area contributed by atoms with E-state index in [1.54, 1.807) is 19.9 Å². The maximum atomic E-state index is 12.7. The highest BCUT2D eigenvalue weighted by molar-refractivity contribution is 7.89. The molecule has 0 fully saturated rings. The van der Waals surface area contributed by atoms with E-state index in [1.165, 1.54) is 16.4 Å². The number of nitrogens with zero attached hydrogens (tertiary/aromatic N) is 1. The van der Waals surface area contributed by atoms with E-state index in [-0.39, 0.29) is 28.4 Å². The van der Waals surface area contributed by atoms with Gasteiger partial charge in [-0.3, -0.25) is 4.79 Å². The van der Waals surface area contributed by atoms with Crippen LogP contribution in [0.4, 0.5) is 5.69 Å². The second-order valence-corrected chi connectivity index (χ2v) is 8.74. The molecule has 0 bridgehead atoms. The summed E-state index contributed by atoms with van der Waals surface area (Å²) in [6.45, 7) is 6.47. The van der Waals surface area contributed by atoms with Crippen molar-refractivity contribution in [1.82, 2.24) is 4.31 Å². The molecule has 0 unspecified atom stereocenters. The molecule has 3 N–H and O–H groups in total. The predicted octanol–water partition coefficient (Wildman–Crippen LogP) is 2.63. The zero-order valence-corrected chi connectivity index (χ0v) is 17.9. The van der Waals surface area contributed by atoms with Crippen molar-refractivity contribution in [2.45, 2.75) is 31.7 Å². The number of sulfonamides is 1. The highest BCUT2D eigenvalue weighted by Gasteiger charge is 2.25. The van der Waals surface area contributed by atoms with Crippen molar-refractivity contribution in [3.63, 3.8) is 0 Å². The first-order valence-electron chi connectivity index (χ1n) is 9.27. The van der Waals surface area contributed by atoms with E-state index >= 15 is 0 Å². The number of nitrogens with one attached hydrogen (secondary N) is 1. The fourth-order valence-corrected chi connectivity index (χ4v) is 4.83. The molecule has 28 heavy (non-hydrogen) atoms. The lowest BCUT2D eigenvalue weighted by atomic mass is 10.1. The van der Waals surface area contributed by atoms with Crippen molar-refractivity contribution >= 4 is 33.2 Å². The molecule has 2 rings (SSSR count). The van der Waals surface area contributed by atoms with Crippen LogP contribution in [0.2, 0.25) is 5.02 Å². The molecule has 6 nitrogen and oxygen atoms in total. The SMILES string of the molecule is CCN(CC)S(=O)(=O)c1cc(NC(=O)C[NH2+][C@H](C)c2ccccc2)ccc1Cl. The lowest BCUT2D eigenvalue weighted by molar-refractivity contribution is -0.682. The second-order valence-electron chi connectivity index (χ2n) is 6.42. The zero-order chi connectivity index (χ0) is 20.7. The summed E-state index contributed by atoms with van der Waals surface area (Å²) in [6.07, 6.45) is 0. The zero-order valence-electron chi connectivity index (χ0n) is 16.4. The van der Waals surface area contributed by atoms with Gasteiger partial charge in [0.1, 0.15) is 10.9 Å². The number of carbonyl (C=O) groups excluding carboxylic acids is 1. The van der Waals surface area contributed by atoms with Crippen molar-refractivity contribution in [3.8, 4) is 0 Å². The summed E-state index contributed by atoms with van der Waals surface area (Å²) in [5.41, 5.74) is 1.54. The van der Waals surface area contributed by atoms with Crippen LogP contribution in [0.3, 0.4) is 0 Å². The van der Waals surface area contributed by atoms with E-state index in [0.717, 1.165) is 5.56 Å². The molecule has 0 aliphatic rings. The molecule has 1 atom stereocenters. The Labute approximate surface area is 171 Å². The number of hydrogen-bond donors (Lipinski definition) is 2. The van der Waals surface area contributed by atoms with E-state index in [4.69, 9.17) is 11.6 Å². The van der Waals surface area contributed by atoms with Crippen LogP contribution in [0, 0.1) is 0 Å². The molecule has 0 aliphatic heterocycles. The minimum atomic E-state index is -3.71. The summed E-state index contributed by atoms with van der Waals surface area (Å²) in [7, 11) is -3.71. The third kappa shape index (κ3) is 5.54. The van der Waals surface area contributed by atoms with Crippen molar-refractivity contribution in [2.75, 3.05) is 25.0 Å². The normalized spacial score (nSPS) is 12.8. The average molecular weight is 425 g/mol. The van der Waals surface area contributed by atoms with Crippen LogP contribution >= 0.6 is 11.6 Å². The first-order valence-corrected chi connectivity index (χ1v) is 11.1. The molecule has 152 valence electrons. The van der Waals surface area contributed by atoms with Crippen LogP contribution in [-0.4, -0.2) is 38.3 Å². The van der Waals surface area contributed by atoms with E-state index < -0.39 is 10.0 Å². The number of hydrogen-bond acceptors (Lipinski definition) is 3. The Kier molecular flexibility index (Phi) is 8.00. The number of quaternary nitrogens is 1. The number of benzene rings is 2. The van der Waals surface area contributed by atoms with E-state index in [1.807, 2.05) is 42.6 Å². The van der Waals surface area contributed by atoms with E-state index in [0.29, 0.717) is 18.8 Å². The summed E-state index contributed by atoms with van der Waals surface area (Å²) >= 11 is 6.12. The van der Waals surface area contributed by atoms with Gasteiger partial charge in [-0.2, -0.15) is 4.31 Å². The second kappa shape index (κ2) is 10.0. The number of amides is 1.